The van der Waals surface area contributed by atoms with Gasteiger partial charge in [0.05, 0.1) is 0 Å². The third-order valence-electron chi connectivity index (χ3n) is 4.48. The molecule has 1 saturated carbocycles. The maximum Gasteiger partial charge on any atom is 0.387 e. The number of benzene rings is 1. The Kier molecular flexibility index (Phi) is 5.57. The summed E-state index contributed by atoms with van der Waals surface area (Å²) < 4.78 is 29.0. The van der Waals surface area contributed by atoms with Crippen molar-refractivity contribution in [2.75, 3.05) is 0 Å². The zero-order valence-electron chi connectivity index (χ0n) is 13.0. The molecule has 4 heteroatoms. The Morgan fingerprint density at radius 3 is 2.67 bits per heavy atom. The van der Waals surface area contributed by atoms with Crippen molar-refractivity contribution in [1.29, 1.82) is 0 Å². The first-order valence-electron chi connectivity index (χ1n) is 7.76. The quantitative estimate of drug-likeness (QED) is 0.845. The molecule has 21 heavy (non-hydrogen) atoms. The van der Waals surface area contributed by atoms with Crippen molar-refractivity contribution in [3.8, 4) is 5.75 Å². The first kappa shape index (κ1) is 16.2. The Morgan fingerprint density at radius 1 is 1.24 bits per heavy atom. The Hall–Kier alpha value is -1.16. The van der Waals surface area contributed by atoms with E-state index in [9.17, 15) is 8.78 Å². The molecule has 4 unspecified atom stereocenters. The van der Waals surface area contributed by atoms with Crippen molar-refractivity contribution in [3.63, 3.8) is 0 Å². The standard InChI is InChI=1S/C17H25F2NO/c1-11-7-8-16(12(2)9-11)20-13(3)14-5-4-6-15(10-14)21-17(18)19/h4-6,10-13,16-17,20H,7-9H2,1-3H3. The summed E-state index contributed by atoms with van der Waals surface area (Å²) in [5, 5.41) is 3.64. The summed E-state index contributed by atoms with van der Waals surface area (Å²) >= 11 is 0. The van der Waals surface area contributed by atoms with Gasteiger partial charge in [0.2, 0.25) is 0 Å². The second-order valence-electron chi connectivity index (χ2n) is 6.34. The van der Waals surface area contributed by atoms with E-state index in [4.69, 9.17) is 0 Å². The van der Waals surface area contributed by atoms with Crippen LogP contribution >= 0.6 is 0 Å². The molecule has 1 aromatic rings. The second-order valence-corrected chi connectivity index (χ2v) is 6.34. The largest absolute Gasteiger partial charge is 0.435 e. The summed E-state index contributed by atoms with van der Waals surface area (Å²) in [5.74, 6) is 1.68. The van der Waals surface area contributed by atoms with Crippen molar-refractivity contribution in [2.45, 2.75) is 58.7 Å². The lowest BCUT2D eigenvalue weighted by atomic mass is 9.79. The van der Waals surface area contributed by atoms with Crippen LogP contribution in [0.25, 0.3) is 0 Å². The van der Waals surface area contributed by atoms with E-state index in [1.165, 1.54) is 19.3 Å². The lowest BCUT2D eigenvalue weighted by Crippen LogP contribution is -2.40. The van der Waals surface area contributed by atoms with Crippen LogP contribution in [-0.4, -0.2) is 12.7 Å². The number of hydrogen-bond acceptors (Lipinski definition) is 2. The van der Waals surface area contributed by atoms with Crippen LogP contribution in [0.1, 0.15) is 51.6 Å². The van der Waals surface area contributed by atoms with Gasteiger partial charge in [0.15, 0.2) is 0 Å². The Bertz CT molecular complexity index is 452. The van der Waals surface area contributed by atoms with Gasteiger partial charge in [-0.15, -0.1) is 0 Å². The molecule has 1 aliphatic carbocycles. The van der Waals surface area contributed by atoms with Gasteiger partial charge in [0.25, 0.3) is 0 Å². The van der Waals surface area contributed by atoms with Gasteiger partial charge in [0, 0.05) is 12.1 Å². The van der Waals surface area contributed by atoms with Gasteiger partial charge >= 0.3 is 6.61 Å². The third kappa shape index (κ3) is 4.67. The minimum Gasteiger partial charge on any atom is -0.435 e. The highest BCUT2D eigenvalue weighted by atomic mass is 19.3. The summed E-state index contributed by atoms with van der Waals surface area (Å²) in [6.07, 6.45) is 3.68. The maximum atomic E-state index is 12.3. The van der Waals surface area contributed by atoms with Crippen LogP contribution < -0.4 is 10.1 Å². The van der Waals surface area contributed by atoms with Crippen LogP contribution in [0.3, 0.4) is 0 Å². The molecule has 0 bridgehead atoms. The average molecular weight is 297 g/mol. The Morgan fingerprint density at radius 2 is 2.00 bits per heavy atom. The molecule has 1 N–H and O–H groups in total. The van der Waals surface area contributed by atoms with Gasteiger partial charge < -0.3 is 10.1 Å². The third-order valence-corrected chi connectivity index (χ3v) is 4.48. The van der Waals surface area contributed by atoms with Crippen molar-refractivity contribution in [1.82, 2.24) is 5.32 Å². The van der Waals surface area contributed by atoms with Gasteiger partial charge in [0.1, 0.15) is 5.75 Å². The molecule has 0 aromatic heterocycles. The van der Waals surface area contributed by atoms with Crippen molar-refractivity contribution in [3.05, 3.63) is 29.8 Å². The summed E-state index contributed by atoms with van der Waals surface area (Å²) in [7, 11) is 0. The van der Waals surface area contributed by atoms with E-state index < -0.39 is 6.61 Å². The maximum absolute atomic E-state index is 12.3. The minimum absolute atomic E-state index is 0.132. The molecular formula is C17H25F2NO. The fourth-order valence-corrected chi connectivity index (χ4v) is 3.29. The van der Waals surface area contributed by atoms with E-state index >= 15 is 0 Å². The molecule has 118 valence electrons. The van der Waals surface area contributed by atoms with Gasteiger partial charge in [-0.05, 0) is 55.7 Å². The van der Waals surface area contributed by atoms with Crippen LogP contribution in [0.5, 0.6) is 5.75 Å². The smallest absolute Gasteiger partial charge is 0.387 e. The molecule has 0 heterocycles. The van der Waals surface area contributed by atoms with Crippen LogP contribution in [0, 0.1) is 11.8 Å². The molecule has 2 rings (SSSR count). The lowest BCUT2D eigenvalue weighted by Gasteiger charge is -2.35. The number of hydrogen-bond donors (Lipinski definition) is 1. The minimum atomic E-state index is -2.77. The highest BCUT2D eigenvalue weighted by Gasteiger charge is 2.26. The lowest BCUT2D eigenvalue weighted by molar-refractivity contribution is -0.0499. The molecule has 0 aliphatic heterocycles. The van der Waals surface area contributed by atoms with E-state index in [1.54, 1.807) is 18.2 Å². The van der Waals surface area contributed by atoms with E-state index in [0.29, 0.717) is 12.0 Å². The van der Waals surface area contributed by atoms with Crippen LogP contribution in [0.2, 0.25) is 0 Å². The number of alkyl halides is 2. The van der Waals surface area contributed by atoms with Gasteiger partial charge in [-0.1, -0.05) is 26.0 Å². The second kappa shape index (κ2) is 7.21. The summed E-state index contributed by atoms with van der Waals surface area (Å²) in [6, 6.07) is 7.60. The fourth-order valence-electron chi connectivity index (χ4n) is 3.29. The first-order valence-corrected chi connectivity index (χ1v) is 7.76. The molecule has 0 spiro atoms. The fraction of sp³-hybridized carbons (Fsp3) is 0.647. The molecule has 1 aromatic carbocycles. The molecule has 1 aliphatic rings. The molecule has 0 saturated heterocycles. The van der Waals surface area contributed by atoms with E-state index in [-0.39, 0.29) is 11.8 Å². The number of rotatable bonds is 5. The molecule has 2 nitrogen and oxygen atoms in total. The van der Waals surface area contributed by atoms with E-state index in [0.717, 1.165) is 11.5 Å². The predicted molar refractivity (Wildman–Crippen MR) is 80.6 cm³/mol. The average Bonchev–Trinajstić information content (AvgIpc) is 2.41. The van der Waals surface area contributed by atoms with Gasteiger partial charge in [-0.2, -0.15) is 8.78 Å². The van der Waals surface area contributed by atoms with Crippen molar-refractivity contribution < 1.29 is 13.5 Å². The van der Waals surface area contributed by atoms with Gasteiger partial charge in [-0.25, -0.2) is 0 Å². The SMILES string of the molecule is CC1CCC(NC(C)c2cccc(OC(F)F)c2)C(C)C1. The first-order chi connectivity index (χ1) is 9.95. The Labute approximate surface area is 125 Å². The zero-order valence-corrected chi connectivity index (χ0v) is 13.0. The molecule has 1 fully saturated rings. The zero-order chi connectivity index (χ0) is 15.4. The molecule has 0 radical (unpaired) electrons. The number of halogens is 2. The highest BCUT2D eigenvalue weighted by Crippen LogP contribution is 2.30. The summed E-state index contributed by atoms with van der Waals surface area (Å²) in [4.78, 5) is 0. The van der Waals surface area contributed by atoms with Crippen molar-refractivity contribution >= 4 is 0 Å². The molecule has 0 amide bonds. The van der Waals surface area contributed by atoms with Crippen LogP contribution in [0.15, 0.2) is 24.3 Å². The van der Waals surface area contributed by atoms with Crippen LogP contribution in [-0.2, 0) is 0 Å². The topological polar surface area (TPSA) is 21.3 Å². The van der Waals surface area contributed by atoms with Gasteiger partial charge in [-0.3, -0.25) is 0 Å². The van der Waals surface area contributed by atoms with E-state index in [1.807, 2.05) is 6.07 Å². The van der Waals surface area contributed by atoms with Crippen LogP contribution in [0.4, 0.5) is 8.78 Å². The predicted octanol–water partition coefficient (Wildman–Crippen LogP) is 4.76. The summed E-state index contributed by atoms with van der Waals surface area (Å²) in [5.41, 5.74) is 0.985. The molecule has 4 atom stereocenters. The number of ether oxygens (including phenoxy) is 1. The summed E-state index contributed by atoms with van der Waals surface area (Å²) in [6.45, 7) is 3.90. The Balaban J connectivity index is 1.98. The normalized spacial score (nSPS) is 27.6. The van der Waals surface area contributed by atoms with Crippen molar-refractivity contribution in [2.24, 2.45) is 11.8 Å². The molecular weight excluding hydrogens is 272 g/mol. The van der Waals surface area contributed by atoms with E-state index in [2.05, 4.69) is 30.8 Å². The highest BCUT2D eigenvalue weighted by molar-refractivity contribution is 5.30. The number of nitrogens with one attached hydrogen (secondary N) is 1. The monoisotopic (exact) mass is 297 g/mol.